The zero-order valence-electron chi connectivity index (χ0n) is 19.7. The molecule has 0 saturated carbocycles. The van der Waals surface area contributed by atoms with Gasteiger partial charge in [0.25, 0.3) is 5.91 Å². The van der Waals surface area contributed by atoms with Crippen LogP contribution in [0.3, 0.4) is 0 Å². The van der Waals surface area contributed by atoms with Crippen molar-refractivity contribution in [2.75, 3.05) is 18.0 Å². The van der Waals surface area contributed by atoms with Crippen molar-refractivity contribution in [1.82, 2.24) is 5.43 Å². The van der Waals surface area contributed by atoms with E-state index in [9.17, 15) is 4.79 Å². The van der Waals surface area contributed by atoms with Gasteiger partial charge in [-0.25, -0.2) is 5.43 Å². The zero-order valence-corrected chi connectivity index (χ0v) is 20.5. The molecule has 8 nitrogen and oxygen atoms in total. The molecule has 3 aromatic rings. The van der Waals surface area contributed by atoms with Crippen molar-refractivity contribution in [3.8, 4) is 12.1 Å². The van der Waals surface area contributed by atoms with Crippen LogP contribution in [0.1, 0.15) is 34.3 Å². The van der Waals surface area contributed by atoms with Crippen molar-refractivity contribution in [3.63, 3.8) is 0 Å². The van der Waals surface area contributed by atoms with Gasteiger partial charge in [0.2, 0.25) is 5.84 Å². The summed E-state index contributed by atoms with van der Waals surface area (Å²) in [6.07, 6.45) is 0.694. The summed E-state index contributed by atoms with van der Waals surface area (Å²) in [5, 5.41) is 31.4. The molecular formula is C27H24ClN7O. The second-order valence-electron chi connectivity index (χ2n) is 7.72. The normalized spacial score (nSPS) is 11.1. The lowest BCUT2D eigenvalue weighted by atomic mass is 10.1. The van der Waals surface area contributed by atoms with Crippen LogP contribution in [0.4, 0.5) is 11.4 Å². The Labute approximate surface area is 215 Å². The van der Waals surface area contributed by atoms with Crippen molar-refractivity contribution in [1.29, 1.82) is 10.5 Å². The summed E-state index contributed by atoms with van der Waals surface area (Å²) in [5.41, 5.74) is 5.99. The van der Waals surface area contributed by atoms with E-state index in [1.54, 1.807) is 48.5 Å². The Balaban J connectivity index is 1.93. The number of anilines is 1. The number of hydrazone groups is 1. The Morgan fingerprint density at radius 2 is 1.64 bits per heavy atom. The summed E-state index contributed by atoms with van der Waals surface area (Å²) in [5.74, 6) is -0.151. The molecule has 0 radical (unpaired) electrons. The van der Waals surface area contributed by atoms with Gasteiger partial charge >= 0.3 is 0 Å². The first-order valence-corrected chi connectivity index (χ1v) is 11.6. The second kappa shape index (κ2) is 13.4. The molecule has 0 spiro atoms. The highest BCUT2D eigenvalue weighted by Gasteiger charge is 2.13. The highest BCUT2D eigenvalue weighted by Crippen LogP contribution is 2.22. The number of azo groups is 1. The SMILES string of the molecule is Cc1cc(N(CCC#N)CCC#N)ccc1C(N=Nc1ccc(Cl)cc1)=NNC(=O)c1ccccc1. The van der Waals surface area contributed by atoms with Crippen molar-refractivity contribution in [3.05, 3.63) is 94.5 Å². The molecule has 0 aliphatic rings. The number of hydrogen-bond donors (Lipinski definition) is 1. The van der Waals surface area contributed by atoms with Gasteiger partial charge in [-0.05, 0) is 67.1 Å². The third-order valence-corrected chi connectivity index (χ3v) is 5.44. The molecule has 36 heavy (non-hydrogen) atoms. The van der Waals surface area contributed by atoms with Crippen molar-refractivity contribution < 1.29 is 4.79 Å². The maximum absolute atomic E-state index is 12.6. The van der Waals surface area contributed by atoms with Gasteiger partial charge in [-0.15, -0.1) is 15.3 Å². The van der Waals surface area contributed by atoms with Gasteiger partial charge in [0.15, 0.2) is 0 Å². The van der Waals surface area contributed by atoms with Crippen LogP contribution in [0.5, 0.6) is 0 Å². The Morgan fingerprint density at radius 3 is 2.25 bits per heavy atom. The highest BCUT2D eigenvalue weighted by atomic mass is 35.5. The molecule has 0 unspecified atom stereocenters. The Bertz CT molecular complexity index is 1300. The number of amidine groups is 1. The number of nitriles is 2. The van der Waals surface area contributed by atoms with Crippen LogP contribution < -0.4 is 10.3 Å². The van der Waals surface area contributed by atoms with E-state index in [0.29, 0.717) is 47.8 Å². The minimum Gasteiger partial charge on any atom is -0.369 e. The van der Waals surface area contributed by atoms with E-state index < -0.39 is 0 Å². The quantitative estimate of drug-likeness (QED) is 0.165. The van der Waals surface area contributed by atoms with Gasteiger partial charge in [0, 0.05) is 34.9 Å². The second-order valence-corrected chi connectivity index (χ2v) is 8.16. The standard InChI is InChI=1S/C27H24ClN7O/c1-20-19-24(35(17-5-15-29)18-6-16-30)13-14-25(20)26(32-31-23-11-9-22(28)10-12-23)33-34-27(36)21-7-3-2-4-8-21/h2-4,7-14,19H,5-6,17-18H2,1H3,(H,34,36). The fourth-order valence-corrected chi connectivity index (χ4v) is 3.47. The van der Waals surface area contributed by atoms with Gasteiger partial charge < -0.3 is 4.90 Å². The van der Waals surface area contributed by atoms with Crippen LogP contribution in [0.2, 0.25) is 5.02 Å². The van der Waals surface area contributed by atoms with Crippen LogP contribution in [-0.2, 0) is 0 Å². The van der Waals surface area contributed by atoms with Crippen molar-refractivity contribution in [2.45, 2.75) is 19.8 Å². The third kappa shape index (κ3) is 7.49. The summed E-state index contributed by atoms with van der Waals surface area (Å²) in [6, 6.07) is 25.6. The minimum atomic E-state index is -0.372. The number of amides is 1. The molecule has 0 atom stereocenters. The van der Waals surface area contributed by atoms with Crippen LogP contribution >= 0.6 is 11.6 Å². The number of rotatable bonds is 9. The van der Waals surface area contributed by atoms with Crippen LogP contribution in [0.25, 0.3) is 0 Å². The molecule has 0 heterocycles. The van der Waals surface area contributed by atoms with Crippen molar-refractivity contribution in [2.24, 2.45) is 15.3 Å². The number of nitrogens with zero attached hydrogens (tertiary/aromatic N) is 6. The fourth-order valence-electron chi connectivity index (χ4n) is 3.34. The molecule has 3 aromatic carbocycles. The molecule has 0 bridgehead atoms. The topological polar surface area (TPSA) is 117 Å². The monoisotopic (exact) mass is 497 g/mol. The molecular weight excluding hydrogens is 474 g/mol. The number of halogens is 1. The maximum atomic E-state index is 12.6. The average molecular weight is 498 g/mol. The lowest BCUT2D eigenvalue weighted by Crippen LogP contribution is -2.25. The van der Waals surface area contributed by atoms with E-state index in [2.05, 4.69) is 32.9 Å². The highest BCUT2D eigenvalue weighted by molar-refractivity contribution is 6.30. The molecule has 180 valence electrons. The Kier molecular flexibility index (Phi) is 9.69. The van der Waals surface area contributed by atoms with E-state index in [1.807, 2.05) is 36.1 Å². The van der Waals surface area contributed by atoms with Crippen LogP contribution in [0, 0.1) is 29.6 Å². The summed E-state index contributed by atoms with van der Waals surface area (Å²) < 4.78 is 0. The summed E-state index contributed by atoms with van der Waals surface area (Å²) in [4.78, 5) is 14.5. The molecule has 9 heteroatoms. The average Bonchev–Trinajstić information content (AvgIpc) is 2.90. The summed E-state index contributed by atoms with van der Waals surface area (Å²) in [7, 11) is 0. The van der Waals surface area contributed by atoms with Crippen LogP contribution in [0.15, 0.2) is 88.1 Å². The molecule has 0 fully saturated rings. The lowest BCUT2D eigenvalue weighted by molar-refractivity contribution is 0.0955. The first kappa shape index (κ1) is 26.1. The van der Waals surface area contributed by atoms with Crippen LogP contribution in [-0.4, -0.2) is 24.8 Å². The van der Waals surface area contributed by atoms with Gasteiger partial charge in [-0.3, -0.25) is 4.79 Å². The molecule has 0 aliphatic heterocycles. The molecule has 1 N–H and O–H groups in total. The summed E-state index contributed by atoms with van der Waals surface area (Å²) in [6.45, 7) is 2.93. The van der Waals surface area contributed by atoms with E-state index in [-0.39, 0.29) is 11.7 Å². The zero-order chi connectivity index (χ0) is 25.8. The van der Waals surface area contributed by atoms with E-state index in [0.717, 1.165) is 11.3 Å². The van der Waals surface area contributed by atoms with E-state index in [1.165, 1.54) is 0 Å². The molecule has 1 amide bonds. The first-order valence-electron chi connectivity index (χ1n) is 11.2. The number of hydrogen-bond acceptors (Lipinski definition) is 6. The number of benzene rings is 3. The number of aryl methyl sites for hydroxylation is 1. The predicted molar refractivity (Wildman–Crippen MR) is 140 cm³/mol. The maximum Gasteiger partial charge on any atom is 0.271 e. The van der Waals surface area contributed by atoms with Gasteiger partial charge in [0.1, 0.15) is 0 Å². The van der Waals surface area contributed by atoms with Gasteiger partial charge in [-0.1, -0.05) is 29.8 Å². The third-order valence-electron chi connectivity index (χ3n) is 5.19. The number of nitrogens with one attached hydrogen (secondary N) is 1. The fraction of sp³-hybridized carbons (Fsp3) is 0.185. The largest absolute Gasteiger partial charge is 0.369 e. The number of carbonyl (C=O) groups is 1. The number of carbonyl (C=O) groups excluding carboxylic acids is 1. The molecule has 0 aromatic heterocycles. The summed E-state index contributed by atoms with van der Waals surface area (Å²) >= 11 is 5.95. The van der Waals surface area contributed by atoms with Gasteiger partial charge in [-0.2, -0.15) is 10.5 Å². The minimum absolute atomic E-state index is 0.221. The van der Waals surface area contributed by atoms with E-state index in [4.69, 9.17) is 22.1 Å². The first-order chi connectivity index (χ1) is 17.5. The molecule has 3 rings (SSSR count). The van der Waals surface area contributed by atoms with E-state index >= 15 is 0 Å². The molecule has 0 aliphatic carbocycles. The Morgan fingerprint density at radius 1 is 0.972 bits per heavy atom. The smallest absolute Gasteiger partial charge is 0.271 e. The van der Waals surface area contributed by atoms with Gasteiger partial charge in [0.05, 0.1) is 30.7 Å². The van der Waals surface area contributed by atoms with Crippen molar-refractivity contribution >= 4 is 34.7 Å². The lowest BCUT2D eigenvalue weighted by Gasteiger charge is -2.23. The molecule has 0 saturated heterocycles. The predicted octanol–water partition coefficient (Wildman–Crippen LogP) is 6.16. The Hall–Kier alpha value is -4.53.